The van der Waals surface area contributed by atoms with Crippen LogP contribution in [0.5, 0.6) is 0 Å². The zero-order chi connectivity index (χ0) is 18.1. The van der Waals surface area contributed by atoms with Crippen molar-refractivity contribution in [3.63, 3.8) is 0 Å². The SMILES string of the molecule is CN(C)CCN=C1CC(=O)c2nc(-c3c(F)cccc3F)sc2C1=O. The van der Waals surface area contributed by atoms with E-state index in [4.69, 9.17) is 0 Å². The number of aromatic nitrogens is 1. The van der Waals surface area contributed by atoms with Gasteiger partial charge in [0, 0.05) is 6.54 Å². The number of fused-ring (bicyclic) bond motifs is 1. The fourth-order valence-electron chi connectivity index (χ4n) is 2.43. The molecule has 1 aromatic carbocycles. The molecular weight excluding hydrogens is 348 g/mol. The number of aliphatic imine (C=N–C) groups is 1. The summed E-state index contributed by atoms with van der Waals surface area (Å²) in [6.07, 6.45) is -0.137. The summed E-state index contributed by atoms with van der Waals surface area (Å²) in [5.74, 6) is -2.33. The molecule has 8 heteroatoms. The summed E-state index contributed by atoms with van der Waals surface area (Å²) < 4.78 is 27.9. The number of Topliss-reactive ketones (excluding diaryl/α,β-unsaturated/α-hetero) is 2. The van der Waals surface area contributed by atoms with Crippen molar-refractivity contribution in [2.45, 2.75) is 6.42 Å². The molecule has 0 saturated heterocycles. The maximum atomic E-state index is 13.9. The highest BCUT2D eigenvalue weighted by molar-refractivity contribution is 7.18. The fraction of sp³-hybridized carbons (Fsp3) is 0.294. The Morgan fingerprint density at radius 1 is 1.24 bits per heavy atom. The van der Waals surface area contributed by atoms with Gasteiger partial charge in [0.1, 0.15) is 27.2 Å². The molecule has 0 aliphatic heterocycles. The minimum Gasteiger partial charge on any atom is -0.308 e. The van der Waals surface area contributed by atoms with Crippen molar-refractivity contribution in [2.75, 3.05) is 27.2 Å². The molecule has 1 aliphatic carbocycles. The normalized spacial score (nSPS) is 16.0. The van der Waals surface area contributed by atoms with Crippen LogP contribution in [-0.4, -0.2) is 54.3 Å². The van der Waals surface area contributed by atoms with E-state index in [1.54, 1.807) is 0 Å². The van der Waals surface area contributed by atoms with Crippen molar-refractivity contribution in [2.24, 2.45) is 4.99 Å². The summed E-state index contributed by atoms with van der Waals surface area (Å²) in [7, 11) is 3.76. The monoisotopic (exact) mass is 363 g/mol. The molecule has 0 unspecified atom stereocenters. The Labute approximate surface area is 147 Å². The van der Waals surface area contributed by atoms with Gasteiger partial charge in [0.05, 0.1) is 24.2 Å². The zero-order valence-electron chi connectivity index (χ0n) is 13.7. The van der Waals surface area contributed by atoms with Gasteiger partial charge in [-0.25, -0.2) is 13.8 Å². The number of ketones is 2. The molecule has 1 aromatic heterocycles. The van der Waals surface area contributed by atoms with E-state index < -0.39 is 17.4 Å². The molecule has 1 heterocycles. The number of benzene rings is 1. The second kappa shape index (κ2) is 6.89. The van der Waals surface area contributed by atoms with Crippen molar-refractivity contribution < 1.29 is 18.4 Å². The molecule has 0 fully saturated rings. The van der Waals surface area contributed by atoms with Crippen molar-refractivity contribution in [1.82, 2.24) is 9.88 Å². The molecule has 0 radical (unpaired) electrons. The number of halogens is 2. The summed E-state index contributed by atoms with van der Waals surface area (Å²) in [6.45, 7) is 1.04. The highest BCUT2D eigenvalue weighted by Crippen LogP contribution is 2.34. The smallest absolute Gasteiger partial charge is 0.219 e. The standard InChI is InChI=1S/C17H15F2N3O2S/c1-22(2)7-6-20-11-8-12(23)14-16(15(11)24)25-17(21-14)13-9(18)4-3-5-10(13)19/h3-5H,6-8H2,1-2H3. The van der Waals surface area contributed by atoms with E-state index in [0.29, 0.717) is 13.1 Å². The lowest BCUT2D eigenvalue weighted by molar-refractivity contribution is 0.0963. The number of carbonyl (C=O) groups is 2. The maximum absolute atomic E-state index is 13.9. The topological polar surface area (TPSA) is 62.6 Å². The van der Waals surface area contributed by atoms with Crippen molar-refractivity contribution in [3.05, 3.63) is 40.4 Å². The van der Waals surface area contributed by atoms with Crippen LogP contribution >= 0.6 is 11.3 Å². The van der Waals surface area contributed by atoms with Gasteiger partial charge in [0.2, 0.25) is 5.78 Å². The van der Waals surface area contributed by atoms with Crippen LogP contribution in [0.25, 0.3) is 10.6 Å². The Hall–Kier alpha value is -2.32. The van der Waals surface area contributed by atoms with Crippen LogP contribution < -0.4 is 0 Å². The Kier molecular flexibility index (Phi) is 4.82. The highest BCUT2D eigenvalue weighted by atomic mass is 32.1. The van der Waals surface area contributed by atoms with Crippen LogP contribution in [0.2, 0.25) is 0 Å². The van der Waals surface area contributed by atoms with Gasteiger partial charge in [-0.15, -0.1) is 11.3 Å². The summed E-state index contributed by atoms with van der Waals surface area (Å²) >= 11 is 0.819. The lowest BCUT2D eigenvalue weighted by atomic mass is 9.98. The first-order chi connectivity index (χ1) is 11.9. The molecule has 130 valence electrons. The summed E-state index contributed by atoms with van der Waals surface area (Å²) in [6, 6.07) is 3.46. The minimum atomic E-state index is -0.786. The third-order valence-electron chi connectivity index (χ3n) is 3.71. The summed E-state index contributed by atoms with van der Waals surface area (Å²) in [5, 5.41) is -0.0168. The van der Waals surface area contributed by atoms with Crippen molar-refractivity contribution in [3.8, 4) is 10.6 Å². The van der Waals surface area contributed by atoms with Crippen LogP contribution in [-0.2, 0) is 0 Å². The highest BCUT2D eigenvalue weighted by Gasteiger charge is 2.34. The predicted molar refractivity (Wildman–Crippen MR) is 91.6 cm³/mol. The summed E-state index contributed by atoms with van der Waals surface area (Å²) in [5.41, 5.74) is -0.184. The summed E-state index contributed by atoms with van der Waals surface area (Å²) in [4.78, 5) is 35.0. The first kappa shape index (κ1) is 17.5. The zero-order valence-corrected chi connectivity index (χ0v) is 14.5. The van der Waals surface area contributed by atoms with Gasteiger partial charge in [-0.2, -0.15) is 0 Å². The molecule has 0 bridgehead atoms. The second-order valence-corrected chi connectivity index (χ2v) is 6.85. The van der Waals surface area contributed by atoms with Crippen molar-refractivity contribution in [1.29, 1.82) is 0 Å². The van der Waals surface area contributed by atoms with Gasteiger partial charge < -0.3 is 4.90 Å². The lowest BCUT2D eigenvalue weighted by Crippen LogP contribution is -2.27. The maximum Gasteiger partial charge on any atom is 0.219 e. The molecule has 0 N–H and O–H groups in total. The van der Waals surface area contributed by atoms with E-state index in [9.17, 15) is 18.4 Å². The molecular formula is C17H15F2N3O2S. The molecule has 25 heavy (non-hydrogen) atoms. The Morgan fingerprint density at radius 2 is 1.92 bits per heavy atom. The van der Waals surface area contributed by atoms with Crippen LogP contribution in [0, 0.1) is 11.6 Å². The van der Waals surface area contributed by atoms with E-state index >= 15 is 0 Å². The average molecular weight is 363 g/mol. The minimum absolute atomic E-state index is 0.0168. The molecule has 0 spiro atoms. The largest absolute Gasteiger partial charge is 0.308 e. The molecule has 3 rings (SSSR count). The number of nitrogens with zero attached hydrogens (tertiary/aromatic N) is 3. The first-order valence-corrected chi connectivity index (χ1v) is 8.41. The lowest BCUT2D eigenvalue weighted by Gasteiger charge is -2.11. The van der Waals surface area contributed by atoms with Crippen LogP contribution in [0.15, 0.2) is 23.2 Å². The molecule has 0 atom stereocenters. The number of carbonyl (C=O) groups excluding carboxylic acids is 2. The third kappa shape index (κ3) is 3.40. The van der Waals surface area contributed by atoms with Gasteiger partial charge >= 0.3 is 0 Å². The molecule has 1 aliphatic rings. The van der Waals surface area contributed by atoms with Gasteiger partial charge in [-0.1, -0.05) is 6.07 Å². The average Bonchev–Trinajstić information content (AvgIpc) is 2.97. The van der Waals surface area contributed by atoms with Crippen LogP contribution in [0.3, 0.4) is 0 Å². The quantitative estimate of drug-likeness (QED) is 0.838. The third-order valence-corrected chi connectivity index (χ3v) is 4.79. The van der Waals surface area contributed by atoms with Gasteiger partial charge in [0.15, 0.2) is 5.78 Å². The number of likely N-dealkylation sites (N-methyl/N-ethyl adjacent to an activating group) is 1. The van der Waals surface area contributed by atoms with Gasteiger partial charge in [-0.3, -0.25) is 14.6 Å². The predicted octanol–water partition coefficient (Wildman–Crippen LogP) is 2.86. The Morgan fingerprint density at radius 3 is 2.56 bits per heavy atom. The Bertz CT molecular complexity index is 870. The Balaban J connectivity index is 1.98. The molecule has 0 saturated carbocycles. The molecule has 2 aromatic rings. The van der Waals surface area contributed by atoms with E-state index in [-0.39, 0.29) is 39.1 Å². The molecule has 0 amide bonds. The number of hydrogen-bond acceptors (Lipinski definition) is 6. The number of rotatable bonds is 4. The van der Waals surface area contributed by atoms with Crippen LogP contribution in [0.1, 0.15) is 26.6 Å². The number of thiazole rings is 1. The fourth-order valence-corrected chi connectivity index (χ4v) is 3.53. The van der Waals surface area contributed by atoms with E-state index in [1.165, 1.54) is 6.07 Å². The number of hydrogen-bond donors (Lipinski definition) is 0. The van der Waals surface area contributed by atoms with Crippen molar-refractivity contribution >= 4 is 28.6 Å². The first-order valence-electron chi connectivity index (χ1n) is 7.59. The van der Waals surface area contributed by atoms with E-state index in [0.717, 1.165) is 23.5 Å². The van der Waals surface area contributed by atoms with Gasteiger partial charge in [0.25, 0.3) is 0 Å². The van der Waals surface area contributed by atoms with E-state index in [1.807, 2.05) is 19.0 Å². The molecule has 5 nitrogen and oxygen atoms in total. The van der Waals surface area contributed by atoms with Crippen LogP contribution in [0.4, 0.5) is 8.78 Å². The van der Waals surface area contributed by atoms with E-state index in [2.05, 4.69) is 9.98 Å². The van der Waals surface area contributed by atoms with Gasteiger partial charge in [-0.05, 0) is 26.2 Å². The second-order valence-electron chi connectivity index (χ2n) is 5.85.